The van der Waals surface area contributed by atoms with Crippen LogP contribution < -0.4 is 11.5 Å². The molecule has 0 aromatic heterocycles. The van der Waals surface area contributed by atoms with Crippen LogP contribution in [0.1, 0.15) is 17.2 Å². The summed E-state index contributed by atoms with van der Waals surface area (Å²) in [6.07, 6.45) is 0. The van der Waals surface area contributed by atoms with Crippen LogP contribution in [0, 0.1) is 11.3 Å². The van der Waals surface area contributed by atoms with E-state index in [0.717, 1.165) is 5.56 Å². The maximum atomic E-state index is 8.59. The van der Waals surface area contributed by atoms with Crippen LogP contribution >= 0.6 is 12.4 Å². The second-order valence-corrected chi connectivity index (χ2v) is 2.58. The average Bonchev–Trinajstić information content (AvgIpc) is 2.17. The van der Waals surface area contributed by atoms with E-state index in [4.69, 9.17) is 16.7 Å². The number of hydrogen-bond acceptors (Lipinski definition) is 3. The Kier molecular flexibility index (Phi) is 5.09. The lowest BCUT2D eigenvalue weighted by Crippen LogP contribution is -2.20. The molecule has 0 radical (unpaired) electrons. The van der Waals surface area contributed by atoms with Gasteiger partial charge < -0.3 is 11.5 Å². The van der Waals surface area contributed by atoms with E-state index in [1.54, 1.807) is 12.1 Å². The van der Waals surface area contributed by atoms with Gasteiger partial charge in [-0.25, -0.2) is 0 Å². The average molecular weight is 198 g/mol. The highest BCUT2D eigenvalue weighted by molar-refractivity contribution is 5.85. The molecule has 1 aromatic carbocycles. The zero-order valence-corrected chi connectivity index (χ0v) is 7.92. The molecular formula is C9H12ClN3. The van der Waals surface area contributed by atoms with Gasteiger partial charge in [-0.05, 0) is 17.7 Å². The Morgan fingerprint density at radius 3 is 2.69 bits per heavy atom. The van der Waals surface area contributed by atoms with Crippen LogP contribution in [0.15, 0.2) is 24.3 Å². The van der Waals surface area contributed by atoms with Gasteiger partial charge >= 0.3 is 0 Å². The Morgan fingerprint density at radius 2 is 2.15 bits per heavy atom. The molecular weight excluding hydrogens is 186 g/mol. The Morgan fingerprint density at radius 1 is 1.46 bits per heavy atom. The number of benzene rings is 1. The van der Waals surface area contributed by atoms with Gasteiger partial charge in [-0.3, -0.25) is 0 Å². The zero-order valence-electron chi connectivity index (χ0n) is 7.10. The molecule has 1 aromatic rings. The summed E-state index contributed by atoms with van der Waals surface area (Å²) in [6.45, 7) is 0.398. The molecule has 0 unspecified atom stereocenters. The van der Waals surface area contributed by atoms with E-state index in [0.29, 0.717) is 12.1 Å². The van der Waals surface area contributed by atoms with Gasteiger partial charge in [0.15, 0.2) is 0 Å². The van der Waals surface area contributed by atoms with E-state index in [2.05, 4.69) is 0 Å². The van der Waals surface area contributed by atoms with Crippen molar-refractivity contribution in [2.75, 3.05) is 6.54 Å². The fourth-order valence-corrected chi connectivity index (χ4v) is 0.975. The molecule has 0 aliphatic carbocycles. The predicted molar refractivity (Wildman–Crippen MR) is 54.4 cm³/mol. The smallest absolute Gasteiger partial charge is 0.0991 e. The Hall–Kier alpha value is -1.08. The summed E-state index contributed by atoms with van der Waals surface area (Å²) in [6, 6.07) is 9.07. The topological polar surface area (TPSA) is 75.8 Å². The summed E-state index contributed by atoms with van der Waals surface area (Å²) in [5.41, 5.74) is 12.6. The minimum atomic E-state index is -0.168. The largest absolute Gasteiger partial charge is 0.329 e. The van der Waals surface area contributed by atoms with E-state index < -0.39 is 0 Å². The van der Waals surface area contributed by atoms with Crippen LogP contribution in [0.25, 0.3) is 0 Å². The molecule has 13 heavy (non-hydrogen) atoms. The van der Waals surface area contributed by atoms with Crippen LogP contribution in [0.5, 0.6) is 0 Å². The van der Waals surface area contributed by atoms with Crippen molar-refractivity contribution in [3.63, 3.8) is 0 Å². The molecule has 0 heterocycles. The molecule has 4 N–H and O–H groups in total. The second-order valence-electron chi connectivity index (χ2n) is 2.58. The van der Waals surface area contributed by atoms with Crippen LogP contribution in [0.4, 0.5) is 0 Å². The SMILES string of the molecule is Cl.N#Cc1cccc([C@H](N)CN)c1. The minimum Gasteiger partial charge on any atom is -0.329 e. The third kappa shape index (κ3) is 3.03. The fourth-order valence-electron chi connectivity index (χ4n) is 0.975. The van der Waals surface area contributed by atoms with Gasteiger partial charge in [0.25, 0.3) is 0 Å². The zero-order chi connectivity index (χ0) is 8.97. The number of rotatable bonds is 2. The third-order valence-corrected chi connectivity index (χ3v) is 1.70. The van der Waals surface area contributed by atoms with Gasteiger partial charge in [0.2, 0.25) is 0 Å². The van der Waals surface area contributed by atoms with Crippen molar-refractivity contribution in [3.05, 3.63) is 35.4 Å². The first-order chi connectivity index (χ1) is 5.77. The molecule has 4 heteroatoms. The highest BCUT2D eigenvalue weighted by Gasteiger charge is 2.02. The monoisotopic (exact) mass is 197 g/mol. The summed E-state index contributed by atoms with van der Waals surface area (Å²) in [5.74, 6) is 0. The number of nitriles is 1. The van der Waals surface area contributed by atoms with Gasteiger partial charge in [0.1, 0.15) is 0 Å². The summed E-state index contributed by atoms with van der Waals surface area (Å²) in [5, 5.41) is 8.59. The third-order valence-electron chi connectivity index (χ3n) is 1.70. The molecule has 3 nitrogen and oxygen atoms in total. The molecule has 0 saturated carbocycles. The number of halogens is 1. The first-order valence-electron chi connectivity index (χ1n) is 3.73. The Labute approximate surface area is 83.8 Å². The molecule has 0 fully saturated rings. The highest BCUT2D eigenvalue weighted by Crippen LogP contribution is 2.10. The summed E-state index contributed by atoms with van der Waals surface area (Å²) >= 11 is 0. The lowest BCUT2D eigenvalue weighted by molar-refractivity contribution is 0.737. The van der Waals surface area contributed by atoms with E-state index in [9.17, 15) is 0 Å². The van der Waals surface area contributed by atoms with Crippen LogP contribution in [-0.4, -0.2) is 6.54 Å². The Bertz CT molecular complexity index is 306. The summed E-state index contributed by atoms with van der Waals surface area (Å²) in [4.78, 5) is 0. The van der Waals surface area contributed by atoms with Gasteiger partial charge in [-0.2, -0.15) is 5.26 Å². The molecule has 0 spiro atoms. The van der Waals surface area contributed by atoms with Gasteiger partial charge in [-0.15, -0.1) is 12.4 Å². The van der Waals surface area contributed by atoms with E-state index in [-0.39, 0.29) is 18.4 Å². The first kappa shape index (κ1) is 11.9. The maximum Gasteiger partial charge on any atom is 0.0991 e. The molecule has 0 saturated heterocycles. The lowest BCUT2D eigenvalue weighted by atomic mass is 10.1. The normalized spacial score (nSPS) is 11.2. The van der Waals surface area contributed by atoms with Crippen LogP contribution in [0.3, 0.4) is 0 Å². The van der Waals surface area contributed by atoms with Crippen molar-refractivity contribution in [1.82, 2.24) is 0 Å². The highest BCUT2D eigenvalue weighted by atomic mass is 35.5. The number of nitrogens with zero attached hydrogens (tertiary/aromatic N) is 1. The molecule has 0 aliphatic rings. The van der Waals surface area contributed by atoms with Gasteiger partial charge in [0, 0.05) is 12.6 Å². The summed E-state index contributed by atoms with van der Waals surface area (Å²) in [7, 11) is 0. The van der Waals surface area contributed by atoms with Crippen LogP contribution in [-0.2, 0) is 0 Å². The molecule has 0 aliphatic heterocycles. The summed E-state index contributed by atoms with van der Waals surface area (Å²) < 4.78 is 0. The van der Waals surface area contributed by atoms with Crippen molar-refractivity contribution in [2.45, 2.75) is 6.04 Å². The molecule has 70 valence electrons. The fraction of sp³-hybridized carbons (Fsp3) is 0.222. The van der Waals surface area contributed by atoms with E-state index in [1.807, 2.05) is 18.2 Å². The molecule has 0 amide bonds. The molecule has 0 bridgehead atoms. The van der Waals surface area contributed by atoms with E-state index in [1.165, 1.54) is 0 Å². The van der Waals surface area contributed by atoms with Crippen molar-refractivity contribution >= 4 is 12.4 Å². The van der Waals surface area contributed by atoms with Gasteiger partial charge in [0.05, 0.1) is 11.6 Å². The van der Waals surface area contributed by atoms with Gasteiger partial charge in [-0.1, -0.05) is 12.1 Å². The van der Waals surface area contributed by atoms with Crippen molar-refractivity contribution < 1.29 is 0 Å². The quantitative estimate of drug-likeness (QED) is 0.741. The second kappa shape index (κ2) is 5.55. The molecule has 1 rings (SSSR count). The van der Waals surface area contributed by atoms with Crippen molar-refractivity contribution in [2.24, 2.45) is 11.5 Å². The number of hydrogen-bond donors (Lipinski definition) is 2. The predicted octanol–water partition coefficient (Wildman–Crippen LogP) is 0.939. The minimum absolute atomic E-state index is 0. The standard InChI is InChI=1S/C9H11N3.ClH/c10-5-7-2-1-3-8(4-7)9(12)6-11;/h1-4,9H,6,11-12H2;1H/t9-;/m1./s1. The molecule has 1 atom stereocenters. The maximum absolute atomic E-state index is 8.59. The van der Waals surface area contributed by atoms with E-state index >= 15 is 0 Å². The van der Waals surface area contributed by atoms with Crippen molar-refractivity contribution in [3.8, 4) is 6.07 Å². The Balaban J connectivity index is 0.00000144. The lowest BCUT2D eigenvalue weighted by Gasteiger charge is -2.08. The van der Waals surface area contributed by atoms with Crippen molar-refractivity contribution in [1.29, 1.82) is 5.26 Å². The van der Waals surface area contributed by atoms with Crippen LogP contribution in [0.2, 0.25) is 0 Å². The first-order valence-corrected chi connectivity index (χ1v) is 3.73. The number of nitrogens with two attached hydrogens (primary N) is 2.